The molecule has 0 aromatic heterocycles. The molecule has 1 rings (SSSR count). The molecule has 14 heavy (non-hydrogen) atoms. The van der Waals surface area contributed by atoms with Crippen molar-refractivity contribution in [3.63, 3.8) is 0 Å². The maximum atomic E-state index is 10.4. The minimum atomic E-state index is -4.21. The van der Waals surface area contributed by atoms with Crippen LogP contribution in [0.2, 0.25) is 0 Å². The maximum Gasteiger partial charge on any atom is 1.00 e. The van der Waals surface area contributed by atoms with Crippen LogP contribution in [-0.4, -0.2) is 49.5 Å². The van der Waals surface area contributed by atoms with Crippen molar-refractivity contribution in [1.82, 2.24) is 10.4 Å². The van der Waals surface area contributed by atoms with Crippen molar-refractivity contribution in [1.29, 1.82) is 0 Å². The molecule has 0 radical (unpaired) electrons. The largest absolute Gasteiger partial charge is 1.00 e. The number of hydrogen-bond donors (Lipinski definition) is 2. The van der Waals surface area contributed by atoms with Gasteiger partial charge in [-0.1, -0.05) is 0 Å². The first-order chi connectivity index (χ1) is 5.88. The molecule has 0 spiro atoms. The Morgan fingerprint density at radius 3 is 2.71 bits per heavy atom. The van der Waals surface area contributed by atoms with Gasteiger partial charge in [-0.15, -0.1) is 0 Å². The third-order valence-corrected chi connectivity index (χ3v) is 2.97. The molecule has 0 aromatic carbocycles. The average Bonchev–Trinajstić information content (AvgIpc) is 1.94. The Labute approximate surface area is 111 Å². The van der Waals surface area contributed by atoms with E-state index in [0.717, 1.165) is 11.4 Å². The Hall–Kier alpha value is 1.14. The van der Waals surface area contributed by atoms with Crippen LogP contribution in [-0.2, 0) is 22.7 Å². The normalized spacial score (nSPS) is 29.6. The van der Waals surface area contributed by atoms with Crippen LogP contribution in [0.3, 0.4) is 0 Å². The van der Waals surface area contributed by atoms with Crippen LogP contribution in [0.4, 0.5) is 0 Å². The van der Waals surface area contributed by atoms with Gasteiger partial charge in [0.15, 0.2) is 0 Å². The number of hydrazine groups is 1. The minimum absolute atomic E-state index is 0. The summed E-state index contributed by atoms with van der Waals surface area (Å²) in [7, 11) is -2.30. The van der Waals surface area contributed by atoms with E-state index in [9.17, 15) is 13.0 Å². The molecule has 1 saturated heterocycles. The summed E-state index contributed by atoms with van der Waals surface area (Å²) < 4.78 is 31.2. The van der Waals surface area contributed by atoms with Crippen molar-refractivity contribution in [3.8, 4) is 0 Å². The second-order valence-corrected chi connectivity index (χ2v) is 4.90. The summed E-state index contributed by atoms with van der Waals surface area (Å²) in [5, 5.41) is 1.35. The fraction of sp³-hybridized carbons (Fsp3) is 1.00. The zero-order valence-electron chi connectivity index (χ0n) is 8.19. The SMILES string of the molecule is C[NH+]1CCN(CS(=O)(=O)[O-])NC1[S-].[Na+]. The summed E-state index contributed by atoms with van der Waals surface area (Å²) in [6.45, 7) is 1.25. The molecule has 2 atom stereocenters. The van der Waals surface area contributed by atoms with E-state index in [2.05, 4.69) is 5.43 Å². The van der Waals surface area contributed by atoms with Crippen molar-refractivity contribution in [3.05, 3.63) is 0 Å². The Bertz CT molecular complexity index is 273. The Morgan fingerprint density at radius 1 is 1.71 bits per heavy atom. The Kier molecular flexibility index (Phi) is 6.51. The van der Waals surface area contributed by atoms with Crippen molar-refractivity contribution in [2.24, 2.45) is 0 Å². The molecule has 2 unspecified atom stereocenters. The Morgan fingerprint density at radius 2 is 2.29 bits per heavy atom. The summed E-state index contributed by atoms with van der Waals surface area (Å²) in [4.78, 5) is 1.09. The van der Waals surface area contributed by atoms with E-state index in [4.69, 9.17) is 12.6 Å². The summed E-state index contributed by atoms with van der Waals surface area (Å²) in [5.41, 5.74) is 2.49. The molecule has 0 aromatic rings. The van der Waals surface area contributed by atoms with Crippen LogP contribution < -0.4 is 39.9 Å². The van der Waals surface area contributed by atoms with E-state index in [1.807, 2.05) is 7.05 Å². The maximum absolute atomic E-state index is 10.4. The second kappa shape index (κ2) is 6.02. The van der Waals surface area contributed by atoms with Gasteiger partial charge in [0.25, 0.3) is 0 Å². The number of likely N-dealkylation sites (N-methyl/N-ethyl adjacent to an activating group) is 1. The Balaban J connectivity index is 0.00000169. The van der Waals surface area contributed by atoms with E-state index in [1.165, 1.54) is 5.01 Å². The molecule has 1 fully saturated rings. The molecule has 2 N–H and O–H groups in total. The summed E-state index contributed by atoms with van der Waals surface area (Å²) in [6.07, 6.45) is 0. The predicted octanol–water partition coefficient (Wildman–Crippen LogP) is -6.34. The number of nitrogens with zero attached hydrogens (tertiary/aromatic N) is 1. The van der Waals surface area contributed by atoms with Crippen LogP contribution >= 0.6 is 0 Å². The number of rotatable bonds is 2. The van der Waals surface area contributed by atoms with Gasteiger partial charge in [-0.3, -0.25) is 0 Å². The smallest absolute Gasteiger partial charge is 0.747 e. The van der Waals surface area contributed by atoms with Crippen molar-refractivity contribution >= 4 is 22.7 Å². The number of nitrogens with one attached hydrogen (secondary N) is 2. The van der Waals surface area contributed by atoms with Gasteiger partial charge in [-0.25, -0.2) is 18.9 Å². The molecule has 1 aliphatic heterocycles. The third kappa shape index (κ3) is 5.29. The summed E-state index contributed by atoms with van der Waals surface area (Å²) in [6, 6.07) is 0. The fourth-order valence-electron chi connectivity index (χ4n) is 1.08. The van der Waals surface area contributed by atoms with E-state index in [-0.39, 0.29) is 35.1 Å². The first-order valence-electron chi connectivity index (χ1n) is 3.81. The van der Waals surface area contributed by atoms with Crippen molar-refractivity contribution in [2.75, 3.05) is 26.0 Å². The van der Waals surface area contributed by atoms with Gasteiger partial charge in [0, 0.05) is 5.50 Å². The van der Waals surface area contributed by atoms with Gasteiger partial charge >= 0.3 is 29.6 Å². The van der Waals surface area contributed by atoms with Crippen LogP contribution in [0.25, 0.3) is 0 Å². The molecule has 6 nitrogen and oxygen atoms in total. The molecule has 0 amide bonds. The zero-order chi connectivity index (χ0) is 10.1. The second-order valence-electron chi connectivity index (χ2n) is 3.06. The monoisotopic (exact) mass is 249 g/mol. The number of hydrogen-bond acceptors (Lipinski definition) is 6. The van der Waals surface area contributed by atoms with E-state index < -0.39 is 16.0 Å². The topological polar surface area (TPSA) is 76.9 Å². The summed E-state index contributed by atoms with van der Waals surface area (Å²) in [5.74, 6) is -0.520. The van der Waals surface area contributed by atoms with Gasteiger partial charge in [0.2, 0.25) is 0 Å². The van der Waals surface area contributed by atoms with Crippen LogP contribution in [0.1, 0.15) is 0 Å². The summed E-state index contributed by atoms with van der Waals surface area (Å²) >= 11 is 4.99. The molecule has 78 valence electrons. The quantitative estimate of drug-likeness (QED) is 0.288. The molecule has 1 aliphatic rings. The van der Waals surface area contributed by atoms with Crippen LogP contribution in [0.15, 0.2) is 0 Å². The number of quaternary nitrogens is 1. The zero-order valence-corrected chi connectivity index (χ0v) is 11.8. The fourth-order valence-corrected chi connectivity index (χ4v) is 1.93. The van der Waals surface area contributed by atoms with Crippen molar-refractivity contribution < 1.29 is 47.4 Å². The predicted molar refractivity (Wildman–Crippen MR) is 47.3 cm³/mol. The molecule has 1 heterocycles. The molecule has 9 heteroatoms. The third-order valence-electron chi connectivity index (χ3n) is 1.84. The first kappa shape index (κ1) is 15.1. The van der Waals surface area contributed by atoms with E-state index in [1.54, 1.807) is 0 Å². The van der Waals surface area contributed by atoms with Crippen LogP contribution in [0, 0.1) is 0 Å². The van der Waals surface area contributed by atoms with Gasteiger partial charge < -0.3 is 22.1 Å². The average molecular weight is 249 g/mol. The molecular formula is C5H12N3NaO3S2. The van der Waals surface area contributed by atoms with Crippen LogP contribution in [0.5, 0.6) is 0 Å². The van der Waals surface area contributed by atoms with E-state index >= 15 is 0 Å². The molecule has 0 aliphatic carbocycles. The van der Waals surface area contributed by atoms with E-state index in [0.29, 0.717) is 6.54 Å². The van der Waals surface area contributed by atoms with Gasteiger partial charge in [0.05, 0.1) is 20.1 Å². The molecule has 0 saturated carbocycles. The van der Waals surface area contributed by atoms with Gasteiger partial charge in [-0.2, -0.15) is 0 Å². The molecular weight excluding hydrogens is 237 g/mol. The van der Waals surface area contributed by atoms with Gasteiger partial charge in [-0.05, 0) is 0 Å². The van der Waals surface area contributed by atoms with Crippen molar-refractivity contribution in [2.45, 2.75) is 5.50 Å². The minimum Gasteiger partial charge on any atom is -0.747 e. The standard InChI is InChI=1S/C5H13N3O3S2.Na/c1-7-2-3-8(6-5(7)12)4-13(9,10)11;/h5-6,12H,2-4H2,1H3,(H,9,10,11);/q;+1/p-1. The molecule has 0 bridgehead atoms. The van der Waals surface area contributed by atoms with Gasteiger partial charge in [0.1, 0.15) is 16.0 Å². The first-order valence-corrected chi connectivity index (χ1v) is 5.86.